The molecule has 190 valence electrons. The Morgan fingerprint density at radius 3 is 2.64 bits per heavy atom. The second-order valence-electron chi connectivity index (χ2n) is 10.2. The van der Waals surface area contributed by atoms with Gasteiger partial charge in [-0.3, -0.25) is 9.69 Å². The Hall–Kier alpha value is -2.83. The molecule has 0 N–H and O–H groups in total. The molecule has 6 nitrogen and oxygen atoms in total. The number of oxazole rings is 1. The Morgan fingerprint density at radius 1 is 1.06 bits per heavy atom. The van der Waals surface area contributed by atoms with Crippen LogP contribution in [0.3, 0.4) is 0 Å². The average molecular weight is 507 g/mol. The molecule has 1 amide bonds. The van der Waals surface area contributed by atoms with E-state index < -0.39 is 0 Å². The highest BCUT2D eigenvalue weighted by atomic mass is 35.5. The Labute approximate surface area is 218 Å². The van der Waals surface area contributed by atoms with Crippen LogP contribution in [0.2, 0.25) is 5.02 Å². The van der Waals surface area contributed by atoms with Crippen LogP contribution in [0.5, 0.6) is 0 Å². The summed E-state index contributed by atoms with van der Waals surface area (Å²) in [6.07, 6.45) is 1.98. The number of halogens is 1. The van der Waals surface area contributed by atoms with E-state index in [1.165, 1.54) is 16.8 Å². The van der Waals surface area contributed by atoms with Crippen molar-refractivity contribution in [1.29, 1.82) is 0 Å². The summed E-state index contributed by atoms with van der Waals surface area (Å²) in [5.74, 6) is 1.76. The molecule has 1 aromatic heterocycles. The van der Waals surface area contributed by atoms with Crippen LogP contribution in [0.15, 0.2) is 46.9 Å². The summed E-state index contributed by atoms with van der Waals surface area (Å²) in [6.45, 7) is 12.0. The van der Waals surface area contributed by atoms with Gasteiger partial charge >= 0.3 is 0 Å². The molecule has 0 bridgehead atoms. The van der Waals surface area contributed by atoms with Gasteiger partial charge < -0.3 is 14.2 Å². The van der Waals surface area contributed by atoms with Gasteiger partial charge in [0.1, 0.15) is 5.76 Å². The van der Waals surface area contributed by atoms with Gasteiger partial charge in [0.2, 0.25) is 11.8 Å². The molecule has 2 saturated heterocycles. The summed E-state index contributed by atoms with van der Waals surface area (Å²) in [7, 11) is 0. The maximum absolute atomic E-state index is 13.4. The number of hydrogen-bond acceptors (Lipinski definition) is 5. The molecular formula is C29H35ClN4O2. The van der Waals surface area contributed by atoms with E-state index in [-0.39, 0.29) is 5.92 Å². The zero-order valence-corrected chi connectivity index (χ0v) is 22.2. The number of aromatic nitrogens is 1. The summed E-state index contributed by atoms with van der Waals surface area (Å²) in [4.78, 5) is 25.0. The Kier molecular flexibility index (Phi) is 7.35. The highest BCUT2D eigenvalue weighted by Gasteiger charge is 2.32. The molecule has 0 radical (unpaired) electrons. The van der Waals surface area contributed by atoms with E-state index >= 15 is 0 Å². The van der Waals surface area contributed by atoms with E-state index in [1.54, 1.807) is 0 Å². The molecule has 2 aliphatic heterocycles. The summed E-state index contributed by atoms with van der Waals surface area (Å²) in [5.41, 5.74) is 5.68. The van der Waals surface area contributed by atoms with Crippen molar-refractivity contribution in [2.75, 3.05) is 44.2 Å². The predicted molar refractivity (Wildman–Crippen MR) is 144 cm³/mol. The number of piperazine rings is 1. The van der Waals surface area contributed by atoms with Crippen LogP contribution in [0.1, 0.15) is 35.4 Å². The molecule has 0 unspecified atom stereocenters. The van der Waals surface area contributed by atoms with Gasteiger partial charge in [-0.2, -0.15) is 0 Å². The molecule has 2 fully saturated rings. The quantitative estimate of drug-likeness (QED) is 0.458. The van der Waals surface area contributed by atoms with Gasteiger partial charge in [0.05, 0.1) is 11.6 Å². The summed E-state index contributed by atoms with van der Waals surface area (Å²) < 4.78 is 5.95. The van der Waals surface area contributed by atoms with Crippen LogP contribution in [-0.2, 0) is 11.3 Å². The smallest absolute Gasteiger partial charge is 0.227 e. The van der Waals surface area contributed by atoms with E-state index in [0.29, 0.717) is 23.4 Å². The molecule has 2 aliphatic rings. The third kappa shape index (κ3) is 5.45. The topological polar surface area (TPSA) is 52.8 Å². The summed E-state index contributed by atoms with van der Waals surface area (Å²) in [6, 6.07) is 14.2. The third-order valence-corrected chi connectivity index (χ3v) is 7.72. The van der Waals surface area contributed by atoms with Crippen LogP contribution in [-0.4, -0.2) is 60.0 Å². The predicted octanol–water partition coefficient (Wildman–Crippen LogP) is 5.48. The van der Waals surface area contributed by atoms with Crippen molar-refractivity contribution in [2.24, 2.45) is 5.92 Å². The minimum Gasteiger partial charge on any atom is -0.441 e. The lowest BCUT2D eigenvalue weighted by Gasteiger charge is -2.40. The van der Waals surface area contributed by atoms with Gasteiger partial charge in [-0.15, -0.1) is 0 Å². The Morgan fingerprint density at radius 2 is 1.86 bits per heavy atom. The van der Waals surface area contributed by atoms with E-state index in [1.807, 2.05) is 31.2 Å². The van der Waals surface area contributed by atoms with E-state index in [2.05, 4.69) is 46.7 Å². The first-order valence-corrected chi connectivity index (χ1v) is 13.3. The lowest BCUT2D eigenvalue weighted by molar-refractivity contribution is -0.137. The van der Waals surface area contributed by atoms with Gasteiger partial charge in [0.15, 0.2) is 0 Å². The van der Waals surface area contributed by atoms with E-state index in [4.69, 9.17) is 21.0 Å². The fraction of sp³-hybridized carbons (Fsp3) is 0.448. The van der Waals surface area contributed by atoms with Gasteiger partial charge in [-0.1, -0.05) is 29.8 Å². The van der Waals surface area contributed by atoms with Crippen molar-refractivity contribution >= 4 is 23.2 Å². The number of carbonyl (C=O) groups excluding carboxylic acids is 1. The van der Waals surface area contributed by atoms with Crippen LogP contribution in [0.4, 0.5) is 5.69 Å². The zero-order chi connectivity index (χ0) is 25.2. The number of amides is 1. The maximum Gasteiger partial charge on any atom is 0.227 e. The molecule has 1 atom stereocenters. The van der Waals surface area contributed by atoms with Crippen molar-refractivity contribution in [3.8, 4) is 11.5 Å². The van der Waals surface area contributed by atoms with E-state index in [0.717, 1.165) is 69.1 Å². The minimum atomic E-state index is 0.0469. The first-order chi connectivity index (χ1) is 17.4. The monoisotopic (exact) mass is 506 g/mol. The van der Waals surface area contributed by atoms with Gasteiger partial charge in [0, 0.05) is 55.5 Å². The van der Waals surface area contributed by atoms with Gasteiger partial charge in [-0.25, -0.2) is 4.98 Å². The lowest BCUT2D eigenvalue weighted by Crippen LogP contribution is -2.52. The number of aryl methyl sites for hydroxylation is 3. The Balaban J connectivity index is 1.18. The number of piperidine rings is 1. The first kappa shape index (κ1) is 24.8. The number of anilines is 1. The van der Waals surface area contributed by atoms with Gasteiger partial charge in [-0.05, 0) is 75.5 Å². The molecule has 0 spiro atoms. The largest absolute Gasteiger partial charge is 0.441 e. The van der Waals surface area contributed by atoms with Crippen LogP contribution < -0.4 is 4.90 Å². The van der Waals surface area contributed by atoms with Crippen LogP contribution in [0.25, 0.3) is 11.5 Å². The fourth-order valence-corrected chi connectivity index (χ4v) is 5.61. The van der Waals surface area contributed by atoms with Crippen molar-refractivity contribution < 1.29 is 9.21 Å². The SMILES string of the molecule is Cc1ccc(C)c(N2CCN(C(=O)[C@@H]3CCCN(Cc4nc(-c5cccc(Cl)c5)oc4C)C3)CC2)c1. The highest BCUT2D eigenvalue weighted by molar-refractivity contribution is 6.30. The van der Waals surface area contributed by atoms with Crippen LogP contribution in [0, 0.1) is 26.7 Å². The normalized spacial score (nSPS) is 19.1. The highest BCUT2D eigenvalue weighted by Crippen LogP contribution is 2.28. The molecule has 5 rings (SSSR count). The first-order valence-electron chi connectivity index (χ1n) is 12.9. The molecule has 2 aromatic carbocycles. The van der Waals surface area contributed by atoms with Crippen molar-refractivity contribution in [3.63, 3.8) is 0 Å². The molecule has 0 aliphatic carbocycles. The van der Waals surface area contributed by atoms with Crippen molar-refractivity contribution in [3.05, 3.63) is 70.1 Å². The molecule has 0 saturated carbocycles. The fourth-order valence-electron chi connectivity index (χ4n) is 5.42. The van der Waals surface area contributed by atoms with Crippen molar-refractivity contribution in [1.82, 2.24) is 14.8 Å². The molecule has 7 heteroatoms. The standard InChI is InChI=1S/C29H35ClN4O2/c1-20-9-10-21(2)27(16-20)33-12-14-34(15-13-33)29(35)24-7-5-11-32(18-24)19-26-22(3)36-28(31-26)23-6-4-8-25(30)17-23/h4,6,8-10,16-17,24H,5,7,11-15,18-19H2,1-3H3/t24-/m1/s1. The number of nitrogens with zero attached hydrogens (tertiary/aromatic N) is 4. The molecular weight excluding hydrogens is 472 g/mol. The number of likely N-dealkylation sites (tertiary alicyclic amines) is 1. The average Bonchev–Trinajstić information content (AvgIpc) is 3.25. The van der Waals surface area contributed by atoms with Crippen LogP contribution >= 0.6 is 11.6 Å². The third-order valence-electron chi connectivity index (χ3n) is 7.49. The number of hydrogen-bond donors (Lipinski definition) is 0. The van der Waals surface area contributed by atoms with Gasteiger partial charge in [0.25, 0.3) is 0 Å². The summed E-state index contributed by atoms with van der Waals surface area (Å²) >= 11 is 6.14. The number of carbonyl (C=O) groups is 1. The lowest BCUT2D eigenvalue weighted by atomic mass is 9.96. The minimum absolute atomic E-state index is 0.0469. The second kappa shape index (κ2) is 10.7. The summed E-state index contributed by atoms with van der Waals surface area (Å²) in [5, 5.41) is 0.664. The molecule has 3 aromatic rings. The number of benzene rings is 2. The number of rotatable bonds is 5. The maximum atomic E-state index is 13.4. The molecule has 3 heterocycles. The zero-order valence-electron chi connectivity index (χ0n) is 21.5. The molecule has 36 heavy (non-hydrogen) atoms. The second-order valence-corrected chi connectivity index (χ2v) is 10.6. The Bertz CT molecular complexity index is 1230. The van der Waals surface area contributed by atoms with Crippen molar-refractivity contribution in [2.45, 2.75) is 40.2 Å². The van der Waals surface area contributed by atoms with E-state index in [9.17, 15) is 4.79 Å².